The van der Waals surface area contributed by atoms with Crippen molar-refractivity contribution in [2.45, 2.75) is 6.92 Å². The maximum atomic E-state index is 11.8. The lowest BCUT2D eigenvalue weighted by Gasteiger charge is -2.15. The van der Waals surface area contributed by atoms with Gasteiger partial charge in [-0.25, -0.2) is 4.90 Å². The lowest BCUT2D eigenvalue weighted by molar-refractivity contribution is -0.384. The van der Waals surface area contributed by atoms with Gasteiger partial charge in [-0.1, -0.05) is 0 Å². The second-order valence-electron chi connectivity index (χ2n) is 3.70. The number of carbonyl (C=O) groups excluding carboxylic acids is 2. The molecular weight excluding hydrogens is 304 g/mol. The summed E-state index contributed by atoms with van der Waals surface area (Å²) in [5.41, 5.74) is 0.517. The molecule has 1 heterocycles. The van der Waals surface area contributed by atoms with Crippen LogP contribution in [0.15, 0.2) is 34.3 Å². The lowest BCUT2D eigenvalue weighted by Crippen LogP contribution is -2.30. The zero-order valence-corrected chi connectivity index (χ0v) is 10.8. The lowest BCUT2D eigenvalue weighted by atomic mass is 10.2. The maximum absolute atomic E-state index is 11.8. The Kier molecular flexibility index (Phi) is 3.00. The first-order valence-corrected chi connectivity index (χ1v) is 5.72. The van der Waals surface area contributed by atoms with Crippen molar-refractivity contribution in [2.75, 3.05) is 4.90 Å². The van der Waals surface area contributed by atoms with Gasteiger partial charge in [-0.3, -0.25) is 19.7 Å². The number of imide groups is 1. The molecule has 0 saturated heterocycles. The molecule has 1 aliphatic rings. The summed E-state index contributed by atoms with van der Waals surface area (Å²) in [6.45, 7) is 1.54. The quantitative estimate of drug-likeness (QED) is 0.476. The van der Waals surface area contributed by atoms with Gasteiger partial charge in [0.05, 0.1) is 10.6 Å². The van der Waals surface area contributed by atoms with Gasteiger partial charge in [-0.05, 0) is 28.9 Å². The number of anilines is 1. The molecule has 0 radical (unpaired) electrons. The van der Waals surface area contributed by atoms with E-state index in [1.54, 1.807) is 6.92 Å². The molecule has 0 aromatic heterocycles. The van der Waals surface area contributed by atoms with E-state index in [2.05, 4.69) is 15.9 Å². The van der Waals surface area contributed by atoms with E-state index in [1.165, 1.54) is 24.3 Å². The molecule has 92 valence electrons. The summed E-state index contributed by atoms with van der Waals surface area (Å²) in [4.78, 5) is 34.4. The Morgan fingerprint density at radius 2 is 2.00 bits per heavy atom. The fraction of sp³-hybridized carbons (Fsp3) is 0.0909. The third-order valence-electron chi connectivity index (χ3n) is 2.48. The van der Waals surface area contributed by atoms with Crippen molar-refractivity contribution < 1.29 is 14.5 Å². The SMILES string of the molecule is CC1=CC(=O)N(c2ccc([N+](=O)[O-])cc2Br)C1=O. The zero-order valence-electron chi connectivity index (χ0n) is 9.21. The highest BCUT2D eigenvalue weighted by atomic mass is 79.9. The fourth-order valence-corrected chi connectivity index (χ4v) is 2.15. The molecule has 0 saturated carbocycles. The molecule has 1 aliphatic heterocycles. The van der Waals surface area contributed by atoms with Crippen LogP contribution < -0.4 is 4.90 Å². The number of nitro benzene ring substituents is 1. The van der Waals surface area contributed by atoms with Crippen LogP contribution in [0.25, 0.3) is 0 Å². The first-order chi connectivity index (χ1) is 8.41. The first kappa shape index (κ1) is 12.4. The Labute approximate surface area is 110 Å². The minimum absolute atomic E-state index is 0.116. The molecule has 0 atom stereocenters. The van der Waals surface area contributed by atoms with Crippen LogP contribution in [-0.2, 0) is 9.59 Å². The van der Waals surface area contributed by atoms with Gasteiger partial charge in [0.1, 0.15) is 0 Å². The van der Waals surface area contributed by atoms with E-state index in [4.69, 9.17) is 0 Å². The Balaban J connectivity index is 2.45. The third kappa shape index (κ3) is 1.92. The number of hydrogen-bond donors (Lipinski definition) is 0. The molecule has 6 nitrogen and oxygen atoms in total. The van der Waals surface area contributed by atoms with Crippen molar-refractivity contribution in [3.8, 4) is 0 Å². The molecule has 2 rings (SSSR count). The number of halogens is 1. The number of hydrogen-bond acceptors (Lipinski definition) is 4. The number of amides is 2. The largest absolute Gasteiger partial charge is 0.270 e. The van der Waals surface area contributed by atoms with Gasteiger partial charge in [0.25, 0.3) is 17.5 Å². The second kappa shape index (κ2) is 4.34. The molecule has 0 N–H and O–H groups in total. The van der Waals surface area contributed by atoms with Crippen molar-refractivity contribution in [3.63, 3.8) is 0 Å². The molecule has 0 aliphatic carbocycles. The molecule has 0 bridgehead atoms. The summed E-state index contributed by atoms with van der Waals surface area (Å²) in [6.07, 6.45) is 1.23. The van der Waals surface area contributed by atoms with Crippen LogP contribution >= 0.6 is 15.9 Å². The van der Waals surface area contributed by atoms with Crippen molar-refractivity contribution in [2.24, 2.45) is 0 Å². The summed E-state index contributed by atoms with van der Waals surface area (Å²) in [5, 5.41) is 10.6. The van der Waals surface area contributed by atoms with Crippen LogP contribution in [0.4, 0.5) is 11.4 Å². The maximum Gasteiger partial charge on any atom is 0.270 e. The first-order valence-electron chi connectivity index (χ1n) is 4.92. The standard InChI is InChI=1S/C11H7BrN2O4/c1-6-4-10(15)13(11(6)16)9-3-2-7(14(17)18)5-8(9)12/h2-5H,1H3. The van der Waals surface area contributed by atoms with Crippen molar-refractivity contribution in [1.29, 1.82) is 0 Å². The van der Waals surface area contributed by atoms with Gasteiger partial charge in [0.2, 0.25) is 0 Å². The van der Waals surface area contributed by atoms with E-state index in [9.17, 15) is 19.7 Å². The smallest absolute Gasteiger partial charge is 0.269 e. The van der Waals surface area contributed by atoms with Crippen LogP contribution in [0.5, 0.6) is 0 Å². The third-order valence-corrected chi connectivity index (χ3v) is 3.12. The summed E-state index contributed by atoms with van der Waals surface area (Å²) in [6, 6.07) is 3.86. The van der Waals surface area contributed by atoms with E-state index in [0.717, 1.165) is 4.90 Å². The summed E-state index contributed by atoms with van der Waals surface area (Å²) < 4.78 is 0.321. The van der Waals surface area contributed by atoms with Crippen molar-refractivity contribution in [3.05, 3.63) is 44.4 Å². The highest BCUT2D eigenvalue weighted by Gasteiger charge is 2.31. The Morgan fingerprint density at radius 3 is 2.44 bits per heavy atom. The van der Waals surface area contributed by atoms with Crippen LogP contribution in [0.3, 0.4) is 0 Å². The number of benzene rings is 1. The molecule has 1 aromatic carbocycles. The van der Waals surface area contributed by atoms with E-state index < -0.39 is 16.7 Å². The Hall–Kier alpha value is -2.02. The summed E-state index contributed by atoms with van der Waals surface area (Å²) >= 11 is 3.13. The Bertz CT molecular complexity index is 609. The molecule has 18 heavy (non-hydrogen) atoms. The van der Waals surface area contributed by atoms with E-state index in [1.807, 2.05) is 0 Å². The Morgan fingerprint density at radius 1 is 1.33 bits per heavy atom. The molecule has 0 spiro atoms. The second-order valence-corrected chi connectivity index (χ2v) is 4.55. The zero-order chi connectivity index (χ0) is 13.4. The van der Waals surface area contributed by atoms with Crippen molar-refractivity contribution in [1.82, 2.24) is 0 Å². The minimum Gasteiger partial charge on any atom is -0.269 e. The molecule has 1 aromatic rings. The van der Waals surface area contributed by atoms with Crippen LogP contribution in [0.1, 0.15) is 6.92 Å². The molecule has 0 fully saturated rings. The van der Waals surface area contributed by atoms with Crippen molar-refractivity contribution >= 4 is 39.1 Å². The fourth-order valence-electron chi connectivity index (χ4n) is 1.61. The molecule has 7 heteroatoms. The summed E-state index contributed by atoms with van der Waals surface area (Å²) in [5.74, 6) is -0.874. The van der Waals surface area contributed by atoms with E-state index >= 15 is 0 Å². The van der Waals surface area contributed by atoms with Gasteiger partial charge < -0.3 is 0 Å². The molecule has 0 unspecified atom stereocenters. The average molecular weight is 311 g/mol. The number of rotatable bonds is 2. The molecular formula is C11H7BrN2O4. The highest BCUT2D eigenvalue weighted by molar-refractivity contribution is 9.10. The van der Waals surface area contributed by atoms with Gasteiger partial charge in [0, 0.05) is 28.3 Å². The highest BCUT2D eigenvalue weighted by Crippen LogP contribution is 2.32. The predicted octanol–water partition coefficient (Wildman–Crippen LogP) is 2.18. The van der Waals surface area contributed by atoms with Crippen LogP contribution in [-0.4, -0.2) is 16.7 Å². The van der Waals surface area contributed by atoms with Gasteiger partial charge in [0.15, 0.2) is 0 Å². The van der Waals surface area contributed by atoms with E-state index in [-0.39, 0.29) is 5.69 Å². The number of carbonyl (C=O) groups is 2. The normalized spacial score (nSPS) is 15.0. The predicted molar refractivity (Wildman–Crippen MR) is 67.0 cm³/mol. The van der Waals surface area contributed by atoms with Crippen LogP contribution in [0.2, 0.25) is 0 Å². The van der Waals surface area contributed by atoms with Crippen LogP contribution in [0, 0.1) is 10.1 Å². The van der Waals surface area contributed by atoms with Gasteiger partial charge >= 0.3 is 0 Å². The monoisotopic (exact) mass is 310 g/mol. The summed E-state index contributed by atoms with van der Waals surface area (Å²) in [7, 11) is 0. The van der Waals surface area contributed by atoms with Gasteiger partial charge in [-0.2, -0.15) is 0 Å². The number of nitro groups is 1. The number of nitrogens with zero attached hydrogens (tertiary/aromatic N) is 2. The minimum atomic E-state index is -0.550. The van der Waals surface area contributed by atoms with E-state index in [0.29, 0.717) is 15.7 Å². The average Bonchev–Trinajstić information content (AvgIpc) is 2.54. The topological polar surface area (TPSA) is 80.5 Å². The molecule has 2 amide bonds. The number of non-ortho nitro benzene ring substituents is 1. The van der Waals surface area contributed by atoms with Gasteiger partial charge in [-0.15, -0.1) is 0 Å².